The highest BCUT2D eigenvalue weighted by Gasteiger charge is 2.25. The number of nitrogens with one attached hydrogen (secondary N) is 2. The first-order chi connectivity index (χ1) is 11.6. The highest BCUT2D eigenvalue weighted by atomic mass is 32.2. The fourth-order valence-electron chi connectivity index (χ4n) is 2.94. The third-order valence-electron chi connectivity index (χ3n) is 4.15. The van der Waals surface area contributed by atoms with Gasteiger partial charge in [0.05, 0.1) is 12.6 Å². The Labute approximate surface area is 148 Å². The molecule has 1 aromatic carbocycles. The van der Waals surface area contributed by atoms with Crippen LogP contribution < -0.4 is 10.6 Å². The molecule has 0 amide bonds. The zero-order valence-electron chi connectivity index (χ0n) is 14.5. The summed E-state index contributed by atoms with van der Waals surface area (Å²) in [5, 5.41) is 17.7. The van der Waals surface area contributed by atoms with Gasteiger partial charge in [-0.1, -0.05) is 19.1 Å². The van der Waals surface area contributed by atoms with Crippen LogP contribution in [-0.2, 0) is 0 Å². The van der Waals surface area contributed by atoms with E-state index in [1.807, 2.05) is 18.7 Å². The molecule has 1 aromatic rings. The van der Waals surface area contributed by atoms with E-state index in [2.05, 4.69) is 22.5 Å². The predicted octanol–water partition coefficient (Wildman–Crippen LogP) is 3.09. The van der Waals surface area contributed by atoms with E-state index in [0.29, 0.717) is 11.6 Å². The van der Waals surface area contributed by atoms with Crippen molar-refractivity contribution in [2.75, 3.05) is 18.8 Å². The van der Waals surface area contributed by atoms with Crippen molar-refractivity contribution >= 4 is 17.7 Å². The van der Waals surface area contributed by atoms with E-state index in [-0.39, 0.29) is 12.4 Å². The highest BCUT2D eigenvalue weighted by Crippen LogP contribution is 2.29. The molecule has 0 heterocycles. The second-order valence-electron chi connectivity index (χ2n) is 6.02. The molecule has 0 saturated heterocycles. The number of benzene rings is 1. The largest absolute Gasteiger partial charge is 0.386 e. The van der Waals surface area contributed by atoms with E-state index in [4.69, 9.17) is 0 Å². The number of aliphatic imine (C=N–C) groups is 1. The minimum atomic E-state index is -0.729. The van der Waals surface area contributed by atoms with Gasteiger partial charge in [-0.15, -0.1) is 0 Å². The van der Waals surface area contributed by atoms with Crippen molar-refractivity contribution in [3.05, 3.63) is 35.6 Å². The zero-order chi connectivity index (χ0) is 17.4. The molecule has 4 nitrogen and oxygen atoms in total. The third kappa shape index (κ3) is 5.98. The molecular formula is C18H28FN3OS. The van der Waals surface area contributed by atoms with E-state index in [1.54, 1.807) is 12.1 Å². The first-order valence-corrected chi connectivity index (χ1v) is 9.77. The minimum absolute atomic E-state index is 0.251. The van der Waals surface area contributed by atoms with Crippen LogP contribution in [0.1, 0.15) is 44.8 Å². The van der Waals surface area contributed by atoms with Gasteiger partial charge in [0.2, 0.25) is 0 Å². The molecule has 134 valence electrons. The summed E-state index contributed by atoms with van der Waals surface area (Å²) in [5.41, 5.74) is 0.677. The van der Waals surface area contributed by atoms with Crippen LogP contribution in [0.5, 0.6) is 0 Å². The normalized spacial score (nSPS) is 22.4. The highest BCUT2D eigenvalue weighted by molar-refractivity contribution is 7.99. The summed E-state index contributed by atoms with van der Waals surface area (Å²) in [7, 11) is 0. The first-order valence-electron chi connectivity index (χ1n) is 8.72. The van der Waals surface area contributed by atoms with Gasteiger partial charge in [0, 0.05) is 17.8 Å². The fourth-order valence-corrected chi connectivity index (χ4v) is 4.08. The number of guanidine groups is 1. The van der Waals surface area contributed by atoms with Crippen molar-refractivity contribution in [3.8, 4) is 0 Å². The number of hydrogen-bond acceptors (Lipinski definition) is 3. The van der Waals surface area contributed by atoms with Gasteiger partial charge in [-0.05, 0) is 49.6 Å². The number of rotatable bonds is 7. The average Bonchev–Trinajstić information content (AvgIpc) is 3.01. The second kappa shape index (κ2) is 9.89. The molecule has 0 aromatic heterocycles. The van der Waals surface area contributed by atoms with Crippen molar-refractivity contribution in [1.82, 2.24) is 10.6 Å². The van der Waals surface area contributed by atoms with E-state index in [0.717, 1.165) is 36.3 Å². The zero-order valence-corrected chi connectivity index (χ0v) is 15.3. The van der Waals surface area contributed by atoms with E-state index in [9.17, 15) is 9.50 Å². The SMILES string of the molecule is CCNC(=NCC(O)c1ccc(F)cc1)NC1CCC(SCC)C1. The summed E-state index contributed by atoms with van der Waals surface area (Å²) < 4.78 is 12.9. The summed E-state index contributed by atoms with van der Waals surface area (Å²) in [6, 6.07) is 6.35. The van der Waals surface area contributed by atoms with E-state index < -0.39 is 6.10 Å². The Kier molecular flexibility index (Phi) is 7.85. The fraction of sp³-hybridized carbons (Fsp3) is 0.611. The number of nitrogens with zero attached hydrogens (tertiary/aromatic N) is 1. The summed E-state index contributed by atoms with van der Waals surface area (Å²) in [6.07, 6.45) is 2.83. The van der Waals surface area contributed by atoms with Gasteiger partial charge in [0.25, 0.3) is 0 Å². The van der Waals surface area contributed by atoms with Crippen LogP contribution in [0.25, 0.3) is 0 Å². The van der Waals surface area contributed by atoms with Crippen LogP contribution in [0.15, 0.2) is 29.3 Å². The summed E-state index contributed by atoms with van der Waals surface area (Å²) in [6.45, 7) is 5.25. The number of halogens is 1. The number of aliphatic hydroxyl groups excluding tert-OH is 1. The van der Waals surface area contributed by atoms with Gasteiger partial charge >= 0.3 is 0 Å². The molecule has 24 heavy (non-hydrogen) atoms. The maximum Gasteiger partial charge on any atom is 0.191 e. The van der Waals surface area contributed by atoms with Crippen molar-refractivity contribution in [2.24, 2.45) is 4.99 Å². The molecule has 1 aliphatic rings. The molecule has 0 aliphatic heterocycles. The smallest absolute Gasteiger partial charge is 0.191 e. The number of thioether (sulfide) groups is 1. The Morgan fingerprint density at radius 2 is 2.08 bits per heavy atom. The molecule has 0 radical (unpaired) electrons. The molecule has 1 saturated carbocycles. The van der Waals surface area contributed by atoms with Gasteiger partial charge < -0.3 is 15.7 Å². The Balaban J connectivity index is 1.89. The van der Waals surface area contributed by atoms with Gasteiger partial charge in [-0.3, -0.25) is 4.99 Å². The lowest BCUT2D eigenvalue weighted by Gasteiger charge is -2.18. The molecular weight excluding hydrogens is 325 g/mol. The Hall–Kier alpha value is -1.27. The molecule has 0 spiro atoms. The van der Waals surface area contributed by atoms with Crippen LogP contribution >= 0.6 is 11.8 Å². The Morgan fingerprint density at radius 3 is 2.75 bits per heavy atom. The minimum Gasteiger partial charge on any atom is -0.386 e. The van der Waals surface area contributed by atoms with Crippen LogP contribution in [0, 0.1) is 5.82 Å². The lowest BCUT2D eigenvalue weighted by molar-refractivity contribution is 0.187. The molecule has 3 N–H and O–H groups in total. The number of aliphatic hydroxyl groups is 1. The van der Waals surface area contributed by atoms with Crippen molar-refractivity contribution in [1.29, 1.82) is 0 Å². The molecule has 1 aliphatic carbocycles. The molecule has 0 bridgehead atoms. The molecule has 6 heteroatoms. The third-order valence-corrected chi connectivity index (χ3v) is 5.38. The molecule has 1 fully saturated rings. The Morgan fingerprint density at radius 1 is 1.33 bits per heavy atom. The predicted molar refractivity (Wildman–Crippen MR) is 100 cm³/mol. The van der Waals surface area contributed by atoms with Crippen LogP contribution in [0.4, 0.5) is 4.39 Å². The quantitative estimate of drug-likeness (QED) is 0.521. The summed E-state index contributed by atoms with van der Waals surface area (Å²) in [5.74, 6) is 1.60. The summed E-state index contributed by atoms with van der Waals surface area (Å²) in [4.78, 5) is 4.49. The molecule has 3 unspecified atom stereocenters. The first kappa shape index (κ1) is 19.1. The van der Waals surface area contributed by atoms with E-state index in [1.165, 1.54) is 18.6 Å². The van der Waals surface area contributed by atoms with Gasteiger partial charge in [-0.25, -0.2) is 4.39 Å². The van der Waals surface area contributed by atoms with Gasteiger partial charge in [-0.2, -0.15) is 11.8 Å². The van der Waals surface area contributed by atoms with Crippen LogP contribution in [-0.4, -0.2) is 41.2 Å². The van der Waals surface area contributed by atoms with Crippen LogP contribution in [0.2, 0.25) is 0 Å². The van der Waals surface area contributed by atoms with Gasteiger partial charge in [0.15, 0.2) is 5.96 Å². The number of hydrogen-bond donors (Lipinski definition) is 3. The summed E-state index contributed by atoms with van der Waals surface area (Å²) >= 11 is 2.03. The van der Waals surface area contributed by atoms with Crippen molar-refractivity contribution in [3.63, 3.8) is 0 Å². The standard InChI is InChI=1S/C18H28FN3OS/c1-3-20-18(22-15-9-10-16(11-15)24-4-2)21-12-17(23)13-5-7-14(19)8-6-13/h5-8,15-17,23H,3-4,9-12H2,1-2H3,(H2,20,21,22). The molecule has 2 rings (SSSR count). The maximum atomic E-state index is 12.9. The van der Waals surface area contributed by atoms with Crippen LogP contribution in [0.3, 0.4) is 0 Å². The van der Waals surface area contributed by atoms with E-state index >= 15 is 0 Å². The molecule has 3 atom stereocenters. The van der Waals surface area contributed by atoms with Crippen molar-refractivity contribution in [2.45, 2.75) is 50.5 Å². The van der Waals surface area contributed by atoms with Gasteiger partial charge in [0.1, 0.15) is 5.82 Å². The Bertz CT molecular complexity index is 524. The topological polar surface area (TPSA) is 56.7 Å². The average molecular weight is 354 g/mol. The maximum absolute atomic E-state index is 12.9. The second-order valence-corrected chi connectivity index (χ2v) is 7.60. The van der Waals surface area contributed by atoms with Crippen molar-refractivity contribution < 1.29 is 9.50 Å². The lowest BCUT2D eigenvalue weighted by atomic mass is 10.1. The lowest BCUT2D eigenvalue weighted by Crippen LogP contribution is -2.42. The monoisotopic (exact) mass is 353 g/mol.